The fraction of sp³-hybridized carbons (Fsp3) is 0.889. The molecule has 0 saturated carbocycles. The van der Waals surface area contributed by atoms with Crippen molar-refractivity contribution in [1.82, 2.24) is 5.39 Å². The van der Waals surface area contributed by atoms with Gasteiger partial charge < -0.3 is 14.2 Å². The van der Waals surface area contributed by atoms with Gasteiger partial charge in [0.25, 0.3) is 0 Å². The molecule has 0 aliphatic heterocycles. The van der Waals surface area contributed by atoms with Crippen molar-refractivity contribution in [2.45, 2.75) is 33.0 Å². The summed E-state index contributed by atoms with van der Waals surface area (Å²) in [4.78, 5) is 15.3. The van der Waals surface area contributed by atoms with Crippen molar-refractivity contribution in [1.29, 1.82) is 0 Å². The smallest absolute Gasteiger partial charge is 0.432 e. The van der Waals surface area contributed by atoms with Crippen LogP contribution >= 0.6 is 0 Å². The van der Waals surface area contributed by atoms with E-state index < -0.39 is 12.3 Å². The van der Waals surface area contributed by atoms with Crippen LogP contribution in [0.4, 0.5) is 4.79 Å². The van der Waals surface area contributed by atoms with E-state index in [-0.39, 0.29) is 31.3 Å². The summed E-state index contributed by atoms with van der Waals surface area (Å²) >= 11 is 0. The van der Waals surface area contributed by atoms with E-state index in [0.29, 0.717) is 0 Å². The molecule has 0 amide bonds. The molecule has 0 aliphatic rings. The number of ether oxygens (including phenoxy) is 3. The molecule has 102 valence electrons. The fourth-order valence-electron chi connectivity index (χ4n) is 0.851. The first-order chi connectivity index (χ1) is 7.91. The minimum Gasteiger partial charge on any atom is -0.432 e. The Kier molecular flexibility index (Phi) is 8.64. The minimum atomic E-state index is -0.746. The predicted octanol–water partition coefficient (Wildman–Crippen LogP) is 0.965. The standard InChI is InChI=1S/C9H19NO7/c1-7(2)16-9(11)15-5-4-14-6-8(3)17-10(12)13/h7-8,12-13H,4-6H2,1-3H3/t8-/m0/s1. The summed E-state index contributed by atoms with van der Waals surface area (Å²) in [5.74, 6) is 0. The first kappa shape index (κ1) is 16.1. The van der Waals surface area contributed by atoms with Gasteiger partial charge >= 0.3 is 6.16 Å². The molecule has 0 unspecified atom stereocenters. The van der Waals surface area contributed by atoms with Crippen LogP contribution in [0.2, 0.25) is 0 Å². The van der Waals surface area contributed by atoms with Gasteiger partial charge in [0.2, 0.25) is 0 Å². The molecule has 0 saturated heterocycles. The monoisotopic (exact) mass is 253 g/mol. The van der Waals surface area contributed by atoms with Crippen LogP contribution in [0, 0.1) is 0 Å². The lowest BCUT2D eigenvalue weighted by Gasteiger charge is -2.14. The van der Waals surface area contributed by atoms with Gasteiger partial charge in [-0.15, -0.1) is 0 Å². The molecule has 0 fully saturated rings. The summed E-state index contributed by atoms with van der Waals surface area (Å²) in [5.41, 5.74) is 0. The van der Waals surface area contributed by atoms with Crippen LogP contribution in [0.1, 0.15) is 20.8 Å². The molecule has 8 nitrogen and oxygen atoms in total. The molecule has 0 aromatic rings. The molecule has 0 aromatic heterocycles. The molecule has 0 heterocycles. The van der Waals surface area contributed by atoms with Crippen molar-refractivity contribution >= 4 is 6.16 Å². The Morgan fingerprint density at radius 1 is 1.24 bits per heavy atom. The van der Waals surface area contributed by atoms with E-state index >= 15 is 0 Å². The van der Waals surface area contributed by atoms with Gasteiger partial charge in [0.1, 0.15) is 12.7 Å². The van der Waals surface area contributed by atoms with Crippen LogP contribution in [-0.2, 0) is 19.0 Å². The van der Waals surface area contributed by atoms with Gasteiger partial charge in [-0.1, -0.05) is 0 Å². The van der Waals surface area contributed by atoms with Crippen LogP contribution in [0.3, 0.4) is 0 Å². The number of nitrogens with zero attached hydrogens (tertiary/aromatic N) is 1. The average Bonchev–Trinajstić information content (AvgIpc) is 2.14. The van der Waals surface area contributed by atoms with Crippen LogP contribution in [-0.4, -0.2) is 54.0 Å². The minimum absolute atomic E-state index is 0.0558. The molecule has 0 bridgehead atoms. The molecule has 0 aliphatic carbocycles. The maximum absolute atomic E-state index is 10.9. The molecule has 0 spiro atoms. The van der Waals surface area contributed by atoms with E-state index in [1.165, 1.54) is 0 Å². The third kappa shape index (κ3) is 11.3. The first-order valence-electron chi connectivity index (χ1n) is 5.17. The molecule has 0 radical (unpaired) electrons. The van der Waals surface area contributed by atoms with Gasteiger partial charge in [0.15, 0.2) is 0 Å². The molecule has 8 heteroatoms. The maximum Gasteiger partial charge on any atom is 0.508 e. The lowest BCUT2D eigenvalue weighted by molar-refractivity contribution is -0.504. The van der Waals surface area contributed by atoms with Gasteiger partial charge in [-0.2, -0.15) is 0 Å². The number of carbonyl (C=O) groups excluding carboxylic acids is 1. The Hall–Kier alpha value is -0.930. The second-order valence-electron chi connectivity index (χ2n) is 3.51. The van der Waals surface area contributed by atoms with E-state index in [1.807, 2.05) is 0 Å². The molecule has 0 rings (SSSR count). The zero-order valence-electron chi connectivity index (χ0n) is 10.2. The van der Waals surface area contributed by atoms with Crippen molar-refractivity contribution < 1.29 is 34.3 Å². The largest absolute Gasteiger partial charge is 0.508 e. The van der Waals surface area contributed by atoms with Crippen molar-refractivity contribution in [3.05, 3.63) is 0 Å². The summed E-state index contributed by atoms with van der Waals surface area (Å²) in [6.45, 7) is 5.35. The Morgan fingerprint density at radius 3 is 2.41 bits per heavy atom. The van der Waals surface area contributed by atoms with Gasteiger partial charge in [0.05, 0.1) is 24.7 Å². The summed E-state index contributed by atoms with van der Waals surface area (Å²) in [6, 6.07) is 0. The molecule has 1 atom stereocenters. The van der Waals surface area contributed by atoms with E-state index in [4.69, 9.17) is 19.9 Å². The second kappa shape index (κ2) is 9.14. The highest BCUT2D eigenvalue weighted by molar-refractivity contribution is 5.59. The van der Waals surface area contributed by atoms with Crippen LogP contribution in [0.15, 0.2) is 0 Å². The lowest BCUT2D eigenvalue weighted by Crippen LogP contribution is -2.26. The predicted molar refractivity (Wildman–Crippen MR) is 54.3 cm³/mol. The van der Waals surface area contributed by atoms with Gasteiger partial charge in [-0.05, 0) is 20.8 Å². The van der Waals surface area contributed by atoms with Crippen molar-refractivity contribution in [2.24, 2.45) is 0 Å². The van der Waals surface area contributed by atoms with Crippen LogP contribution in [0.5, 0.6) is 0 Å². The van der Waals surface area contributed by atoms with Crippen molar-refractivity contribution in [3.8, 4) is 0 Å². The Bertz CT molecular complexity index is 210. The van der Waals surface area contributed by atoms with Gasteiger partial charge in [-0.3, -0.25) is 10.4 Å². The maximum atomic E-state index is 10.9. The SMILES string of the molecule is CC(C)OC(=O)OCCOC[C@H](C)ON(O)O. The average molecular weight is 253 g/mol. The number of hydrogen-bond acceptors (Lipinski definition) is 8. The number of hydrogen-bond donors (Lipinski definition) is 2. The molecular weight excluding hydrogens is 234 g/mol. The summed E-state index contributed by atoms with van der Waals surface area (Å²) in [7, 11) is 0. The van der Waals surface area contributed by atoms with Gasteiger partial charge in [0, 0.05) is 0 Å². The summed E-state index contributed by atoms with van der Waals surface area (Å²) in [6.07, 6.45) is -1.51. The topological polar surface area (TPSA) is 97.7 Å². The third-order valence-electron chi connectivity index (χ3n) is 1.41. The van der Waals surface area contributed by atoms with Crippen molar-refractivity contribution in [3.63, 3.8) is 0 Å². The molecule has 0 aromatic carbocycles. The summed E-state index contributed by atoms with van der Waals surface area (Å²) in [5, 5.41) is 16.2. The Morgan fingerprint density at radius 2 is 1.88 bits per heavy atom. The van der Waals surface area contributed by atoms with Crippen LogP contribution < -0.4 is 0 Å². The van der Waals surface area contributed by atoms with E-state index in [2.05, 4.69) is 9.57 Å². The fourth-order valence-corrected chi connectivity index (χ4v) is 0.851. The number of rotatable bonds is 8. The molecule has 2 N–H and O–H groups in total. The van der Waals surface area contributed by atoms with Gasteiger partial charge in [-0.25, -0.2) is 9.63 Å². The molecular formula is C9H19NO7. The van der Waals surface area contributed by atoms with E-state index in [0.717, 1.165) is 0 Å². The highest BCUT2D eigenvalue weighted by Crippen LogP contribution is 1.95. The zero-order valence-corrected chi connectivity index (χ0v) is 10.2. The zero-order chi connectivity index (χ0) is 13.3. The highest BCUT2D eigenvalue weighted by Gasteiger charge is 2.08. The molecule has 17 heavy (non-hydrogen) atoms. The van der Waals surface area contributed by atoms with Crippen molar-refractivity contribution in [2.75, 3.05) is 19.8 Å². The Balaban J connectivity index is 3.37. The quantitative estimate of drug-likeness (QED) is 0.375. The van der Waals surface area contributed by atoms with E-state index in [9.17, 15) is 4.79 Å². The van der Waals surface area contributed by atoms with Crippen LogP contribution in [0.25, 0.3) is 0 Å². The third-order valence-corrected chi connectivity index (χ3v) is 1.41. The Labute approximate surface area is 99.5 Å². The highest BCUT2D eigenvalue weighted by atomic mass is 17.1. The number of carbonyl (C=O) groups is 1. The normalized spacial score (nSPS) is 12.9. The summed E-state index contributed by atoms with van der Waals surface area (Å²) < 4.78 is 14.4. The first-order valence-corrected chi connectivity index (χ1v) is 5.17. The lowest BCUT2D eigenvalue weighted by atomic mass is 10.4. The second-order valence-corrected chi connectivity index (χ2v) is 3.51. The van der Waals surface area contributed by atoms with E-state index in [1.54, 1.807) is 20.8 Å².